The van der Waals surface area contributed by atoms with Crippen LogP contribution in [-0.2, 0) is 4.74 Å². The molecule has 5 heteroatoms. The quantitative estimate of drug-likeness (QED) is 0.667. The van der Waals surface area contributed by atoms with Crippen LogP contribution in [0.2, 0.25) is 0 Å². The van der Waals surface area contributed by atoms with Gasteiger partial charge < -0.3 is 10.1 Å². The molecule has 3 rings (SSSR count). The SMILES string of the molecule is COC(=O)c1ccc(-c2ccc(F)cc2)cc1Nc1ccc(F)cc1. The fourth-order valence-corrected chi connectivity index (χ4v) is 2.45. The van der Waals surface area contributed by atoms with Gasteiger partial charge in [0.2, 0.25) is 0 Å². The van der Waals surface area contributed by atoms with Gasteiger partial charge in [0.25, 0.3) is 0 Å². The van der Waals surface area contributed by atoms with Crippen molar-refractivity contribution < 1.29 is 18.3 Å². The zero-order valence-electron chi connectivity index (χ0n) is 13.4. The first-order valence-electron chi connectivity index (χ1n) is 7.58. The molecule has 0 bridgehead atoms. The van der Waals surface area contributed by atoms with E-state index < -0.39 is 5.97 Å². The maximum Gasteiger partial charge on any atom is 0.339 e. The first-order chi connectivity index (χ1) is 12.1. The maximum atomic E-state index is 13.1. The van der Waals surface area contributed by atoms with Gasteiger partial charge in [0.15, 0.2) is 0 Å². The molecule has 0 spiro atoms. The van der Waals surface area contributed by atoms with Crippen molar-refractivity contribution in [1.82, 2.24) is 0 Å². The van der Waals surface area contributed by atoms with Gasteiger partial charge in [-0.2, -0.15) is 0 Å². The molecule has 0 aliphatic carbocycles. The summed E-state index contributed by atoms with van der Waals surface area (Å²) in [5, 5.41) is 3.09. The highest BCUT2D eigenvalue weighted by molar-refractivity contribution is 5.97. The molecule has 0 aliphatic heterocycles. The lowest BCUT2D eigenvalue weighted by molar-refractivity contribution is 0.0602. The molecule has 0 amide bonds. The Labute approximate surface area is 143 Å². The highest BCUT2D eigenvalue weighted by Gasteiger charge is 2.13. The number of esters is 1. The summed E-state index contributed by atoms with van der Waals surface area (Å²) in [7, 11) is 1.30. The van der Waals surface area contributed by atoms with Crippen LogP contribution in [0, 0.1) is 11.6 Å². The van der Waals surface area contributed by atoms with Crippen LogP contribution in [0.25, 0.3) is 11.1 Å². The van der Waals surface area contributed by atoms with Gasteiger partial charge in [-0.25, -0.2) is 13.6 Å². The average molecular weight is 339 g/mol. The van der Waals surface area contributed by atoms with E-state index >= 15 is 0 Å². The van der Waals surface area contributed by atoms with Crippen molar-refractivity contribution in [2.75, 3.05) is 12.4 Å². The molecule has 0 aliphatic rings. The number of ether oxygens (including phenoxy) is 1. The predicted octanol–water partition coefficient (Wildman–Crippen LogP) is 5.16. The summed E-state index contributed by atoms with van der Waals surface area (Å²) < 4.78 is 31.0. The van der Waals surface area contributed by atoms with Gasteiger partial charge in [0.1, 0.15) is 11.6 Å². The van der Waals surface area contributed by atoms with E-state index in [1.54, 1.807) is 42.5 Å². The van der Waals surface area contributed by atoms with Gasteiger partial charge in [0.05, 0.1) is 18.4 Å². The van der Waals surface area contributed by atoms with Crippen molar-refractivity contribution in [3.63, 3.8) is 0 Å². The van der Waals surface area contributed by atoms with Gasteiger partial charge in [0, 0.05) is 5.69 Å². The van der Waals surface area contributed by atoms with Gasteiger partial charge in [-0.15, -0.1) is 0 Å². The summed E-state index contributed by atoms with van der Waals surface area (Å²) in [6.07, 6.45) is 0. The smallest absolute Gasteiger partial charge is 0.339 e. The Kier molecular flexibility index (Phi) is 4.75. The summed E-state index contributed by atoms with van der Waals surface area (Å²) in [6.45, 7) is 0. The van der Waals surface area contributed by atoms with Crippen LogP contribution in [-0.4, -0.2) is 13.1 Å². The molecule has 1 N–H and O–H groups in total. The number of methoxy groups -OCH3 is 1. The third kappa shape index (κ3) is 3.83. The number of nitrogens with one attached hydrogen (secondary N) is 1. The van der Waals surface area contributed by atoms with E-state index in [1.165, 1.54) is 31.4 Å². The highest BCUT2D eigenvalue weighted by Crippen LogP contribution is 2.29. The summed E-state index contributed by atoms with van der Waals surface area (Å²) in [5.74, 6) is -1.16. The second-order valence-electron chi connectivity index (χ2n) is 5.39. The molecule has 0 saturated heterocycles. The molecule has 0 aromatic heterocycles. The molecule has 126 valence electrons. The Morgan fingerprint density at radius 2 is 1.40 bits per heavy atom. The van der Waals surface area contributed by atoms with E-state index in [0.29, 0.717) is 16.9 Å². The number of benzene rings is 3. The lowest BCUT2D eigenvalue weighted by Gasteiger charge is -2.13. The minimum atomic E-state index is -0.490. The molecule has 0 atom stereocenters. The van der Waals surface area contributed by atoms with Gasteiger partial charge in [-0.3, -0.25) is 0 Å². The van der Waals surface area contributed by atoms with Crippen molar-refractivity contribution in [3.8, 4) is 11.1 Å². The summed E-state index contributed by atoms with van der Waals surface area (Å²) >= 11 is 0. The number of rotatable bonds is 4. The third-order valence-electron chi connectivity index (χ3n) is 3.73. The molecule has 3 aromatic rings. The molecular weight excluding hydrogens is 324 g/mol. The third-order valence-corrected chi connectivity index (χ3v) is 3.73. The van der Waals surface area contributed by atoms with Crippen molar-refractivity contribution in [2.45, 2.75) is 0 Å². The number of hydrogen-bond acceptors (Lipinski definition) is 3. The first kappa shape index (κ1) is 16.6. The normalized spacial score (nSPS) is 10.4. The summed E-state index contributed by atoms with van der Waals surface area (Å²) in [4.78, 5) is 12.0. The monoisotopic (exact) mass is 339 g/mol. The number of carbonyl (C=O) groups is 1. The highest BCUT2D eigenvalue weighted by atomic mass is 19.1. The molecular formula is C20H15F2NO2. The topological polar surface area (TPSA) is 38.3 Å². The van der Waals surface area contributed by atoms with Crippen LogP contribution < -0.4 is 5.32 Å². The van der Waals surface area contributed by atoms with E-state index in [1.807, 2.05) is 0 Å². The minimum absolute atomic E-state index is 0.320. The van der Waals surface area contributed by atoms with Crippen LogP contribution in [0.4, 0.5) is 20.2 Å². The minimum Gasteiger partial charge on any atom is -0.465 e. The predicted molar refractivity (Wildman–Crippen MR) is 92.9 cm³/mol. The van der Waals surface area contributed by atoms with Gasteiger partial charge in [-0.05, 0) is 59.7 Å². The van der Waals surface area contributed by atoms with Crippen LogP contribution in [0.3, 0.4) is 0 Å². The van der Waals surface area contributed by atoms with Crippen molar-refractivity contribution in [1.29, 1.82) is 0 Å². The molecule has 3 aromatic carbocycles. The second kappa shape index (κ2) is 7.13. The van der Waals surface area contributed by atoms with Crippen molar-refractivity contribution >= 4 is 17.3 Å². The Balaban J connectivity index is 2.02. The number of halogens is 2. The summed E-state index contributed by atoms with van der Waals surface area (Å²) in [5.41, 5.74) is 3.10. The van der Waals surface area contributed by atoms with Gasteiger partial charge >= 0.3 is 5.97 Å². The lowest BCUT2D eigenvalue weighted by Crippen LogP contribution is -2.06. The lowest BCUT2D eigenvalue weighted by atomic mass is 10.0. The van der Waals surface area contributed by atoms with E-state index in [-0.39, 0.29) is 11.6 Å². The largest absolute Gasteiger partial charge is 0.465 e. The van der Waals surface area contributed by atoms with Gasteiger partial charge in [-0.1, -0.05) is 18.2 Å². The van der Waals surface area contributed by atoms with E-state index in [2.05, 4.69) is 5.32 Å². The number of anilines is 2. The Morgan fingerprint density at radius 3 is 2.00 bits per heavy atom. The van der Waals surface area contributed by atoms with Crippen molar-refractivity contribution in [2.24, 2.45) is 0 Å². The molecule has 0 unspecified atom stereocenters. The standard InChI is InChI=1S/C20H15F2NO2/c1-25-20(24)18-11-4-14(13-2-5-15(21)6-3-13)12-19(18)23-17-9-7-16(22)8-10-17/h2-12,23H,1H3. The summed E-state index contributed by atoms with van der Waals surface area (Å²) in [6, 6.07) is 17.0. The Morgan fingerprint density at radius 1 is 0.840 bits per heavy atom. The fraction of sp³-hybridized carbons (Fsp3) is 0.0500. The molecule has 25 heavy (non-hydrogen) atoms. The number of hydrogen-bond donors (Lipinski definition) is 1. The van der Waals surface area contributed by atoms with Crippen LogP contribution in [0.5, 0.6) is 0 Å². The first-order valence-corrected chi connectivity index (χ1v) is 7.58. The molecule has 0 radical (unpaired) electrons. The second-order valence-corrected chi connectivity index (χ2v) is 5.39. The average Bonchev–Trinajstić information content (AvgIpc) is 2.63. The zero-order valence-corrected chi connectivity index (χ0v) is 13.4. The fourth-order valence-electron chi connectivity index (χ4n) is 2.45. The van der Waals surface area contributed by atoms with Crippen LogP contribution in [0.15, 0.2) is 66.7 Å². The van der Waals surface area contributed by atoms with E-state index in [0.717, 1.165) is 11.1 Å². The molecule has 3 nitrogen and oxygen atoms in total. The van der Waals surface area contributed by atoms with Crippen LogP contribution >= 0.6 is 0 Å². The number of carbonyl (C=O) groups excluding carboxylic acids is 1. The Hall–Kier alpha value is -3.21. The van der Waals surface area contributed by atoms with Crippen LogP contribution in [0.1, 0.15) is 10.4 Å². The van der Waals surface area contributed by atoms with E-state index in [9.17, 15) is 13.6 Å². The maximum absolute atomic E-state index is 13.1. The Bertz CT molecular complexity index is 891. The van der Waals surface area contributed by atoms with E-state index in [4.69, 9.17) is 4.74 Å². The molecule has 0 fully saturated rings. The zero-order chi connectivity index (χ0) is 17.8. The molecule has 0 heterocycles. The molecule has 0 saturated carbocycles. The van der Waals surface area contributed by atoms with Crippen molar-refractivity contribution in [3.05, 3.63) is 83.9 Å².